The first kappa shape index (κ1) is 27.1. The minimum absolute atomic E-state index is 0.258. The summed E-state index contributed by atoms with van der Waals surface area (Å²) >= 11 is 0. The highest BCUT2D eigenvalue weighted by Crippen LogP contribution is 2.43. The van der Waals surface area contributed by atoms with E-state index in [0.29, 0.717) is 6.61 Å². The van der Waals surface area contributed by atoms with E-state index in [4.69, 9.17) is 9.05 Å². The van der Waals surface area contributed by atoms with Gasteiger partial charge >= 0.3 is 7.82 Å². The number of likely N-dealkylation sites (N-methyl/N-ethyl adjacent to an activating group) is 1. The van der Waals surface area contributed by atoms with Crippen molar-refractivity contribution in [2.24, 2.45) is 0 Å². The topological polar surface area (TPSA) is 55.8 Å². The summed E-state index contributed by atoms with van der Waals surface area (Å²) in [5, 5.41) is 0. The standard InChI is InChI=1S/C21H46NO4P/c1-5-7-9-11-13-15-17-20-25-27(23,24)26-21-19-22(3,4)18-16-14-12-10-8-6-2/h5-21H2,1-4H3/p+1. The second-order valence-corrected chi connectivity index (χ2v) is 9.86. The molecule has 27 heavy (non-hydrogen) atoms. The molecule has 0 aliphatic carbocycles. The Morgan fingerprint density at radius 3 is 1.67 bits per heavy atom. The van der Waals surface area contributed by atoms with Crippen molar-refractivity contribution in [2.45, 2.75) is 97.3 Å². The summed E-state index contributed by atoms with van der Waals surface area (Å²) in [5.74, 6) is 0. The number of hydrogen-bond acceptors (Lipinski definition) is 3. The van der Waals surface area contributed by atoms with Gasteiger partial charge in [0.2, 0.25) is 0 Å². The SMILES string of the molecule is CCCCCCCCCOP(=O)(O)OCC[N+](C)(C)CCCCCCCC. The molecule has 0 bridgehead atoms. The fraction of sp³-hybridized carbons (Fsp3) is 1.00. The van der Waals surface area contributed by atoms with Gasteiger partial charge in [-0.1, -0.05) is 78.1 Å². The molecule has 0 aliphatic rings. The van der Waals surface area contributed by atoms with Gasteiger partial charge in [0.25, 0.3) is 0 Å². The zero-order valence-corrected chi connectivity index (χ0v) is 19.5. The zero-order valence-electron chi connectivity index (χ0n) is 18.6. The Hall–Kier alpha value is 0.0700. The van der Waals surface area contributed by atoms with E-state index in [1.165, 1.54) is 70.6 Å². The lowest BCUT2D eigenvalue weighted by atomic mass is 10.1. The molecule has 0 heterocycles. The quantitative estimate of drug-likeness (QED) is 0.146. The van der Waals surface area contributed by atoms with Gasteiger partial charge in [0.05, 0.1) is 27.2 Å². The number of rotatable bonds is 20. The van der Waals surface area contributed by atoms with Crippen molar-refractivity contribution in [3.8, 4) is 0 Å². The van der Waals surface area contributed by atoms with E-state index in [1.807, 2.05) is 0 Å². The average molecular weight is 409 g/mol. The molecule has 0 spiro atoms. The normalized spacial score (nSPS) is 14.4. The number of hydrogen-bond donors (Lipinski definition) is 1. The van der Waals surface area contributed by atoms with Gasteiger partial charge in [-0.2, -0.15) is 0 Å². The van der Waals surface area contributed by atoms with E-state index < -0.39 is 7.82 Å². The van der Waals surface area contributed by atoms with Crippen LogP contribution in [0.4, 0.5) is 0 Å². The lowest BCUT2D eigenvalue weighted by Gasteiger charge is -2.29. The zero-order chi connectivity index (χ0) is 20.4. The average Bonchev–Trinajstić information content (AvgIpc) is 2.60. The molecule has 1 N–H and O–H groups in total. The van der Waals surface area contributed by atoms with Crippen molar-refractivity contribution in [2.75, 3.05) is 40.4 Å². The van der Waals surface area contributed by atoms with Crippen LogP contribution in [-0.4, -0.2) is 49.8 Å². The molecule has 0 saturated heterocycles. The maximum Gasteiger partial charge on any atom is 0.472 e. The Bertz CT molecular complexity index is 377. The third kappa shape index (κ3) is 19.2. The minimum atomic E-state index is -3.90. The molecular weight excluding hydrogens is 361 g/mol. The smallest absolute Gasteiger partial charge is 0.327 e. The maximum atomic E-state index is 11.9. The lowest BCUT2D eigenvalue weighted by Crippen LogP contribution is -2.42. The molecule has 0 aromatic carbocycles. The number of phosphoric ester groups is 1. The summed E-state index contributed by atoms with van der Waals surface area (Å²) in [5.41, 5.74) is 0. The molecule has 1 atom stereocenters. The Kier molecular flexibility index (Phi) is 17.0. The Morgan fingerprint density at radius 1 is 0.667 bits per heavy atom. The molecular formula is C21H47NO4P+. The molecule has 0 fully saturated rings. The van der Waals surface area contributed by atoms with Gasteiger partial charge in [-0.25, -0.2) is 4.57 Å². The second-order valence-electron chi connectivity index (χ2n) is 8.41. The largest absolute Gasteiger partial charge is 0.472 e. The van der Waals surface area contributed by atoms with Crippen molar-refractivity contribution in [3.05, 3.63) is 0 Å². The fourth-order valence-electron chi connectivity index (χ4n) is 3.11. The lowest BCUT2D eigenvalue weighted by molar-refractivity contribution is -0.890. The van der Waals surface area contributed by atoms with E-state index in [1.54, 1.807) is 0 Å². The number of nitrogens with zero attached hydrogens (tertiary/aromatic N) is 1. The van der Waals surface area contributed by atoms with Crippen LogP contribution in [0.5, 0.6) is 0 Å². The molecule has 164 valence electrons. The van der Waals surface area contributed by atoms with Crippen LogP contribution in [0.25, 0.3) is 0 Å². The van der Waals surface area contributed by atoms with Crippen LogP contribution in [-0.2, 0) is 13.6 Å². The van der Waals surface area contributed by atoms with Gasteiger partial charge in [-0.3, -0.25) is 9.05 Å². The predicted molar refractivity (Wildman–Crippen MR) is 115 cm³/mol. The van der Waals surface area contributed by atoms with Gasteiger partial charge in [0.1, 0.15) is 13.2 Å². The highest BCUT2D eigenvalue weighted by atomic mass is 31.2. The molecule has 0 aromatic rings. The van der Waals surface area contributed by atoms with Crippen LogP contribution < -0.4 is 0 Å². The molecule has 0 saturated carbocycles. The van der Waals surface area contributed by atoms with Crippen molar-refractivity contribution in [1.82, 2.24) is 0 Å². The minimum Gasteiger partial charge on any atom is -0.327 e. The summed E-state index contributed by atoms with van der Waals surface area (Å²) in [4.78, 5) is 9.78. The van der Waals surface area contributed by atoms with Crippen molar-refractivity contribution >= 4 is 7.82 Å². The molecule has 0 amide bonds. The first-order chi connectivity index (χ1) is 12.8. The molecule has 0 radical (unpaired) electrons. The summed E-state index contributed by atoms with van der Waals surface area (Å²) < 4.78 is 23.0. The van der Waals surface area contributed by atoms with Gasteiger partial charge in [0.15, 0.2) is 0 Å². The van der Waals surface area contributed by atoms with Crippen LogP contribution in [0, 0.1) is 0 Å². The second kappa shape index (κ2) is 17.0. The third-order valence-corrected chi connectivity index (χ3v) is 6.09. The Labute approximate surface area is 169 Å². The maximum absolute atomic E-state index is 11.9. The molecule has 0 aliphatic heterocycles. The Morgan fingerprint density at radius 2 is 1.11 bits per heavy atom. The first-order valence-electron chi connectivity index (χ1n) is 11.3. The summed E-state index contributed by atoms with van der Waals surface area (Å²) in [6.07, 6.45) is 15.8. The molecule has 0 rings (SSSR count). The van der Waals surface area contributed by atoms with Gasteiger partial charge in [0, 0.05) is 0 Å². The van der Waals surface area contributed by atoms with Crippen LogP contribution in [0.3, 0.4) is 0 Å². The highest BCUT2D eigenvalue weighted by molar-refractivity contribution is 7.47. The fourth-order valence-corrected chi connectivity index (χ4v) is 3.86. The van der Waals surface area contributed by atoms with Gasteiger partial charge in [-0.15, -0.1) is 0 Å². The third-order valence-electron chi connectivity index (χ3n) is 5.07. The van der Waals surface area contributed by atoms with Gasteiger partial charge < -0.3 is 9.38 Å². The van der Waals surface area contributed by atoms with Gasteiger partial charge in [-0.05, 0) is 19.3 Å². The van der Waals surface area contributed by atoms with E-state index in [0.717, 1.165) is 30.4 Å². The molecule has 1 unspecified atom stereocenters. The van der Waals surface area contributed by atoms with Crippen LogP contribution in [0.15, 0.2) is 0 Å². The van der Waals surface area contributed by atoms with Crippen molar-refractivity contribution in [1.29, 1.82) is 0 Å². The first-order valence-corrected chi connectivity index (χ1v) is 12.8. The van der Waals surface area contributed by atoms with E-state index in [9.17, 15) is 9.46 Å². The number of phosphoric acid groups is 1. The van der Waals surface area contributed by atoms with Crippen LogP contribution in [0.1, 0.15) is 97.3 Å². The van der Waals surface area contributed by atoms with Crippen LogP contribution in [0.2, 0.25) is 0 Å². The highest BCUT2D eigenvalue weighted by Gasteiger charge is 2.23. The monoisotopic (exact) mass is 408 g/mol. The molecule has 6 heteroatoms. The van der Waals surface area contributed by atoms with E-state index in [-0.39, 0.29) is 6.61 Å². The predicted octanol–water partition coefficient (Wildman–Crippen LogP) is 6.31. The molecule has 0 aromatic heterocycles. The van der Waals surface area contributed by atoms with E-state index >= 15 is 0 Å². The summed E-state index contributed by atoms with van der Waals surface area (Å²) in [7, 11) is 0.401. The van der Waals surface area contributed by atoms with E-state index in [2.05, 4.69) is 27.9 Å². The summed E-state index contributed by atoms with van der Waals surface area (Å²) in [6, 6.07) is 0. The van der Waals surface area contributed by atoms with Crippen LogP contribution >= 0.6 is 7.82 Å². The summed E-state index contributed by atoms with van der Waals surface area (Å²) in [6.45, 7) is 6.80. The van der Waals surface area contributed by atoms with Crippen molar-refractivity contribution in [3.63, 3.8) is 0 Å². The Balaban J connectivity index is 3.69. The molecule has 5 nitrogen and oxygen atoms in total. The van der Waals surface area contributed by atoms with Crippen molar-refractivity contribution < 1.29 is 23.0 Å². The number of quaternary nitrogens is 1. The number of unbranched alkanes of at least 4 members (excludes halogenated alkanes) is 11.